The molecule has 1 fully saturated rings. The molecule has 5 rings (SSSR count). The lowest BCUT2D eigenvalue weighted by molar-refractivity contribution is -0.164. The number of amides is 1. The molecule has 1 saturated heterocycles. The van der Waals surface area contributed by atoms with E-state index in [0.717, 1.165) is 23.8 Å². The number of ether oxygens (including phenoxy) is 3. The minimum atomic E-state index is -5.84. The summed E-state index contributed by atoms with van der Waals surface area (Å²) in [4.78, 5) is 39.4. The molecule has 2 aromatic carbocycles. The Balaban J connectivity index is 0.000000533. The van der Waals surface area contributed by atoms with Gasteiger partial charge in [0, 0.05) is 11.3 Å². The van der Waals surface area contributed by atoms with E-state index in [0.29, 0.717) is 16.6 Å². The van der Waals surface area contributed by atoms with Crippen molar-refractivity contribution in [2.45, 2.75) is 56.2 Å². The lowest BCUT2D eigenvalue weighted by Gasteiger charge is -2.47. The highest BCUT2D eigenvalue weighted by Crippen LogP contribution is 2.50. The van der Waals surface area contributed by atoms with E-state index in [1.54, 1.807) is 19.1 Å². The first-order valence-electron chi connectivity index (χ1n) is 13.8. The Morgan fingerprint density at radius 2 is 1.74 bits per heavy atom. The summed E-state index contributed by atoms with van der Waals surface area (Å²) in [5, 5.41) is 1.56. The van der Waals surface area contributed by atoms with Crippen LogP contribution in [-0.2, 0) is 50.4 Å². The summed E-state index contributed by atoms with van der Waals surface area (Å²) in [6, 6.07) is 8.55. The number of aryl methyl sites for hydroxylation is 1. The molecule has 252 valence electrons. The summed E-state index contributed by atoms with van der Waals surface area (Å²) in [7, 11) is -7.36. The number of fused-ring (bicyclic) bond motifs is 1. The molecule has 0 unspecified atom stereocenters. The molecule has 0 saturated carbocycles. The Hall–Kier alpha value is -3.90. The largest absolute Gasteiger partial charge is 0.522 e. The van der Waals surface area contributed by atoms with Crippen LogP contribution in [0.25, 0.3) is 10.8 Å². The number of hydrogen-bond acceptors (Lipinski definition) is 10. The number of hydrogen-bond donors (Lipinski definition) is 1. The molecule has 18 heteroatoms. The van der Waals surface area contributed by atoms with Gasteiger partial charge in [-0.15, -0.1) is 0 Å². The highest BCUT2D eigenvalue weighted by Gasteiger charge is 2.61. The number of nitrogens with zero attached hydrogens (tertiary/aromatic N) is 2. The van der Waals surface area contributed by atoms with Crippen LogP contribution < -0.4 is 4.31 Å². The number of anilines is 1. The van der Waals surface area contributed by atoms with E-state index in [-0.39, 0.29) is 17.1 Å². The van der Waals surface area contributed by atoms with Gasteiger partial charge in [-0.2, -0.15) is 21.6 Å². The van der Waals surface area contributed by atoms with Crippen molar-refractivity contribution in [3.63, 3.8) is 0 Å². The summed E-state index contributed by atoms with van der Waals surface area (Å²) in [6.45, 7) is 5.38. The van der Waals surface area contributed by atoms with E-state index in [2.05, 4.69) is 11.7 Å². The minimum absolute atomic E-state index is 0.0431. The van der Waals surface area contributed by atoms with Crippen molar-refractivity contribution in [2.75, 3.05) is 25.1 Å². The van der Waals surface area contributed by atoms with Crippen molar-refractivity contribution in [1.82, 2.24) is 4.90 Å². The van der Waals surface area contributed by atoms with Crippen molar-refractivity contribution in [3.8, 4) is 0 Å². The SMILES string of the molecule is CCCc1ccc2c3c(cccc13)N(CC1=C(C(=O)OC)N3C(=O)[C@H]([C@@H](C)OC(=O)OC)[C@H]3[C@H]1C)S2(=O)=O.O=S(=O)(O)C(F)(F)F. The number of rotatable bonds is 7. The highest BCUT2D eigenvalue weighted by atomic mass is 32.2. The van der Waals surface area contributed by atoms with Crippen LogP contribution in [0.2, 0.25) is 0 Å². The molecular formula is C28H31F3N2O11S2. The second kappa shape index (κ2) is 12.4. The van der Waals surface area contributed by atoms with Gasteiger partial charge < -0.3 is 19.1 Å². The number of sulfonamides is 1. The first-order valence-corrected chi connectivity index (χ1v) is 16.7. The number of methoxy groups -OCH3 is 2. The zero-order valence-electron chi connectivity index (χ0n) is 25.2. The van der Waals surface area contributed by atoms with Crippen LogP contribution in [0.15, 0.2) is 46.5 Å². The fourth-order valence-electron chi connectivity index (χ4n) is 6.10. The average Bonchev–Trinajstić information content (AvgIpc) is 3.34. The van der Waals surface area contributed by atoms with E-state index in [1.165, 1.54) is 23.4 Å². The van der Waals surface area contributed by atoms with E-state index < -0.39 is 67.7 Å². The molecule has 3 aliphatic heterocycles. The van der Waals surface area contributed by atoms with Crippen molar-refractivity contribution in [2.24, 2.45) is 11.8 Å². The zero-order chi connectivity index (χ0) is 34.5. The molecule has 2 aromatic rings. The number of halogens is 3. The quantitative estimate of drug-likeness (QED) is 0.194. The van der Waals surface area contributed by atoms with Crippen molar-refractivity contribution in [1.29, 1.82) is 0 Å². The van der Waals surface area contributed by atoms with Gasteiger partial charge in [-0.25, -0.2) is 18.0 Å². The van der Waals surface area contributed by atoms with Crippen LogP contribution in [0.1, 0.15) is 32.8 Å². The number of carbonyl (C=O) groups excluding carboxylic acids is 3. The molecule has 0 aromatic heterocycles. The van der Waals surface area contributed by atoms with Crippen LogP contribution in [0.3, 0.4) is 0 Å². The van der Waals surface area contributed by atoms with E-state index in [1.807, 2.05) is 25.1 Å². The molecule has 0 bridgehead atoms. The number of benzene rings is 2. The maximum atomic E-state index is 13.8. The molecule has 13 nitrogen and oxygen atoms in total. The third-order valence-corrected chi connectivity index (χ3v) is 10.5. The summed E-state index contributed by atoms with van der Waals surface area (Å²) < 4.78 is 101. The van der Waals surface area contributed by atoms with Gasteiger partial charge in [0.15, 0.2) is 0 Å². The first-order chi connectivity index (χ1) is 21.3. The molecule has 3 aliphatic rings. The lowest BCUT2D eigenvalue weighted by Crippen LogP contribution is -2.64. The van der Waals surface area contributed by atoms with Gasteiger partial charge in [0.05, 0.1) is 43.3 Å². The van der Waals surface area contributed by atoms with Gasteiger partial charge in [0.2, 0.25) is 5.91 Å². The fraction of sp³-hybridized carbons (Fsp3) is 0.464. The van der Waals surface area contributed by atoms with Crippen LogP contribution >= 0.6 is 0 Å². The lowest BCUT2D eigenvalue weighted by atomic mass is 9.77. The molecule has 0 aliphatic carbocycles. The van der Waals surface area contributed by atoms with Crippen LogP contribution in [0, 0.1) is 11.8 Å². The van der Waals surface area contributed by atoms with Gasteiger partial charge in [0.1, 0.15) is 11.8 Å². The maximum Gasteiger partial charge on any atom is 0.522 e. The van der Waals surface area contributed by atoms with E-state index >= 15 is 0 Å². The second-order valence-corrected chi connectivity index (χ2v) is 14.0. The predicted octanol–water partition coefficient (Wildman–Crippen LogP) is 3.77. The summed E-state index contributed by atoms with van der Waals surface area (Å²) in [5.41, 5.74) is -3.40. The summed E-state index contributed by atoms with van der Waals surface area (Å²) in [5.74, 6) is -2.23. The Morgan fingerprint density at radius 1 is 1.11 bits per heavy atom. The number of alkyl halides is 3. The second-order valence-electron chi connectivity index (χ2n) is 10.8. The van der Waals surface area contributed by atoms with Crippen LogP contribution in [-0.4, -0.2) is 82.7 Å². The number of esters is 1. The highest BCUT2D eigenvalue weighted by molar-refractivity contribution is 7.93. The third kappa shape index (κ3) is 5.77. The summed E-state index contributed by atoms with van der Waals surface area (Å²) in [6.07, 6.45) is 0.0302. The van der Waals surface area contributed by atoms with Gasteiger partial charge in [-0.05, 0) is 42.0 Å². The van der Waals surface area contributed by atoms with Crippen molar-refractivity contribution >= 4 is 54.6 Å². The predicted molar refractivity (Wildman–Crippen MR) is 155 cm³/mol. The molecule has 46 heavy (non-hydrogen) atoms. The Labute approximate surface area is 262 Å². The molecule has 1 N–H and O–H groups in total. The molecule has 0 radical (unpaired) electrons. The monoisotopic (exact) mass is 692 g/mol. The van der Waals surface area contributed by atoms with Gasteiger partial charge in [-0.1, -0.05) is 38.5 Å². The molecule has 4 atom stereocenters. The van der Waals surface area contributed by atoms with Crippen molar-refractivity contribution in [3.05, 3.63) is 47.2 Å². The Bertz CT molecular complexity index is 1840. The van der Waals surface area contributed by atoms with E-state index in [4.69, 9.17) is 22.4 Å². The minimum Gasteiger partial charge on any atom is -0.464 e. The van der Waals surface area contributed by atoms with Crippen LogP contribution in [0.5, 0.6) is 0 Å². The molecule has 0 spiro atoms. The van der Waals surface area contributed by atoms with Gasteiger partial charge in [-0.3, -0.25) is 13.7 Å². The Kier molecular flexibility index (Phi) is 9.40. The maximum absolute atomic E-state index is 13.8. The van der Waals surface area contributed by atoms with Gasteiger partial charge >= 0.3 is 27.8 Å². The topological polar surface area (TPSA) is 174 Å². The number of carbonyl (C=O) groups is 3. The van der Waals surface area contributed by atoms with Gasteiger partial charge in [0.25, 0.3) is 10.0 Å². The zero-order valence-corrected chi connectivity index (χ0v) is 26.8. The normalized spacial score (nSPS) is 22.1. The molecule has 1 amide bonds. The average molecular weight is 693 g/mol. The number of β-lactam (4-membered cyclic amide) rings is 1. The van der Waals surface area contributed by atoms with Crippen molar-refractivity contribution < 1.29 is 63.2 Å². The molecule has 3 heterocycles. The Morgan fingerprint density at radius 3 is 2.28 bits per heavy atom. The molecular weight excluding hydrogens is 661 g/mol. The standard InChI is InChI=1S/C27H30N2O8S.CHF3O3S/c1-6-8-16-11-12-20-22-17(16)9-7-10-19(22)28(38(20,33)34)13-18-14(2)23-21(15(3)37-27(32)36-5)25(30)29(23)24(18)26(31)35-4;2-1(3,4)8(5,6)7/h7,9-12,14-15,21,23H,6,8,13H2,1-5H3;(H,5,6,7)/t14-,15+,21+,23+;/m0./s1. The first kappa shape index (κ1) is 35.0. The third-order valence-electron chi connectivity index (χ3n) is 8.16. The van der Waals surface area contributed by atoms with E-state index in [9.17, 15) is 36.0 Å². The summed E-state index contributed by atoms with van der Waals surface area (Å²) >= 11 is 0. The smallest absolute Gasteiger partial charge is 0.464 e. The van der Waals surface area contributed by atoms with Crippen LogP contribution in [0.4, 0.5) is 23.7 Å². The fourth-order valence-corrected chi connectivity index (χ4v) is 7.77.